The molecular weight excluding hydrogens is 368 g/mol. The van der Waals surface area contributed by atoms with Crippen molar-refractivity contribution in [3.8, 4) is 5.69 Å². The van der Waals surface area contributed by atoms with E-state index in [-0.39, 0.29) is 24.2 Å². The number of hydrogen-bond acceptors (Lipinski definition) is 4. The maximum atomic E-state index is 12.7. The third-order valence-electron chi connectivity index (χ3n) is 4.72. The quantitative estimate of drug-likeness (QED) is 0.773. The molecule has 1 aliphatic rings. The highest BCUT2D eigenvalue weighted by Crippen LogP contribution is 2.14. The van der Waals surface area contributed by atoms with E-state index in [2.05, 4.69) is 17.1 Å². The van der Waals surface area contributed by atoms with E-state index >= 15 is 0 Å². The molecule has 1 fully saturated rings. The summed E-state index contributed by atoms with van der Waals surface area (Å²) in [5.41, 5.74) is 0.766. The van der Waals surface area contributed by atoms with Gasteiger partial charge in [0, 0.05) is 12.1 Å². The van der Waals surface area contributed by atoms with Gasteiger partial charge in [0.1, 0.15) is 5.82 Å². The molecule has 27 heavy (non-hydrogen) atoms. The zero-order valence-electron chi connectivity index (χ0n) is 15.8. The van der Waals surface area contributed by atoms with Crippen LogP contribution in [-0.4, -0.2) is 83.2 Å². The van der Waals surface area contributed by atoms with Crippen molar-refractivity contribution in [3.05, 3.63) is 40.9 Å². The van der Waals surface area contributed by atoms with Gasteiger partial charge in [0.25, 0.3) is 5.91 Å². The molecule has 1 aliphatic heterocycles. The second-order valence-corrected chi connectivity index (χ2v) is 7.31. The number of nitrogens with one attached hydrogen (secondary N) is 1. The molecule has 2 amide bonds. The summed E-state index contributed by atoms with van der Waals surface area (Å²) in [5, 5.41) is 4.93. The SMILES string of the molecule is Cc1nc(C(=O)N(C)CC(=O)N2CC[NH+](C)CC2)nn1-c1ccc(Cl)cc1. The van der Waals surface area contributed by atoms with Gasteiger partial charge in [0.15, 0.2) is 0 Å². The minimum atomic E-state index is -0.376. The number of hydrogen-bond donors (Lipinski definition) is 1. The van der Waals surface area contributed by atoms with E-state index in [1.165, 1.54) is 9.80 Å². The molecule has 1 aromatic carbocycles. The molecule has 3 rings (SSSR count). The Morgan fingerprint density at radius 2 is 1.85 bits per heavy atom. The molecule has 144 valence electrons. The Bertz CT molecular complexity index is 827. The van der Waals surface area contributed by atoms with Gasteiger partial charge in [-0.2, -0.15) is 0 Å². The van der Waals surface area contributed by atoms with Crippen molar-refractivity contribution in [3.63, 3.8) is 0 Å². The molecule has 1 aromatic heterocycles. The number of rotatable bonds is 4. The molecule has 8 nitrogen and oxygen atoms in total. The number of halogens is 1. The summed E-state index contributed by atoms with van der Waals surface area (Å²) in [7, 11) is 3.71. The number of carbonyl (C=O) groups is 2. The van der Waals surface area contributed by atoms with Crippen LogP contribution >= 0.6 is 11.6 Å². The van der Waals surface area contributed by atoms with E-state index in [0.717, 1.165) is 31.9 Å². The van der Waals surface area contributed by atoms with Gasteiger partial charge in [-0.15, -0.1) is 5.10 Å². The number of carbonyl (C=O) groups excluding carboxylic acids is 2. The van der Waals surface area contributed by atoms with Gasteiger partial charge in [0.2, 0.25) is 11.7 Å². The van der Waals surface area contributed by atoms with Gasteiger partial charge >= 0.3 is 0 Å². The lowest BCUT2D eigenvalue weighted by atomic mass is 10.3. The highest BCUT2D eigenvalue weighted by Gasteiger charge is 2.25. The van der Waals surface area contributed by atoms with Crippen molar-refractivity contribution in [1.29, 1.82) is 0 Å². The van der Waals surface area contributed by atoms with Crippen molar-refractivity contribution in [2.45, 2.75) is 6.92 Å². The lowest BCUT2D eigenvalue weighted by molar-refractivity contribution is -0.883. The van der Waals surface area contributed by atoms with Crippen molar-refractivity contribution < 1.29 is 14.5 Å². The molecule has 2 heterocycles. The molecule has 0 aliphatic carbocycles. The second-order valence-electron chi connectivity index (χ2n) is 6.87. The number of amides is 2. The second kappa shape index (κ2) is 8.06. The maximum absolute atomic E-state index is 12.7. The highest BCUT2D eigenvalue weighted by molar-refractivity contribution is 6.30. The topological polar surface area (TPSA) is 75.8 Å². The number of nitrogens with zero attached hydrogens (tertiary/aromatic N) is 5. The first-order valence-corrected chi connectivity index (χ1v) is 9.27. The number of aryl methyl sites for hydroxylation is 1. The lowest BCUT2D eigenvalue weighted by Gasteiger charge is -2.31. The van der Waals surface area contributed by atoms with Crippen LogP contribution in [0.1, 0.15) is 16.4 Å². The van der Waals surface area contributed by atoms with Crippen LogP contribution in [0, 0.1) is 6.92 Å². The maximum Gasteiger partial charge on any atom is 0.293 e. The average molecular weight is 392 g/mol. The van der Waals surface area contributed by atoms with E-state index in [1.54, 1.807) is 42.9 Å². The predicted octanol–water partition coefficient (Wildman–Crippen LogP) is -0.342. The summed E-state index contributed by atoms with van der Waals surface area (Å²) in [6, 6.07) is 7.12. The van der Waals surface area contributed by atoms with Crippen molar-refractivity contribution in [2.24, 2.45) is 0 Å². The minimum absolute atomic E-state index is 0.0203. The lowest BCUT2D eigenvalue weighted by Crippen LogP contribution is -3.12. The molecule has 1 saturated heterocycles. The third kappa shape index (κ3) is 4.45. The molecule has 1 N–H and O–H groups in total. The summed E-state index contributed by atoms with van der Waals surface area (Å²) >= 11 is 5.91. The van der Waals surface area contributed by atoms with Crippen LogP contribution in [0.2, 0.25) is 5.02 Å². The Kier molecular flexibility index (Phi) is 5.76. The summed E-state index contributed by atoms with van der Waals surface area (Å²) < 4.78 is 1.59. The molecule has 0 unspecified atom stereocenters. The molecule has 0 spiro atoms. The Hall–Kier alpha value is -2.45. The Balaban J connectivity index is 1.67. The fourth-order valence-electron chi connectivity index (χ4n) is 2.99. The molecule has 0 bridgehead atoms. The van der Waals surface area contributed by atoms with Crippen LogP contribution in [0.5, 0.6) is 0 Å². The number of aromatic nitrogens is 3. The molecule has 0 saturated carbocycles. The van der Waals surface area contributed by atoms with Crippen LogP contribution in [-0.2, 0) is 4.79 Å². The predicted molar refractivity (Wildman–Crippen MR) is 101 cm³/mol. The molecule has 0 atom stereocenters. The average Bonchev–Trinajstić information content (AvgIpc) is 3.03. The highest BCUT2D eigenvalue weighted by atomic mass is 35.5. The van der Waals surface area contributed by atoms with Gasteiger partial charge in [-0.05, 0) is 31.2 Å². The van der Waals surface area contributed by atoms with Gasteiger partial charge < -0.3 is 14.7 Å². The van der Waals surface area contributed by atoms with Crippen LogP contribution in [0.25, 0.3) is 5.69 Å². The first kappa shape index (κ1) is 19.3. The monoisotopic (exact) mass is 391 g/mol. The molecule has 2 aromatic rings. The van der Waals surface area contributed by atoms with E-state index in [4.69, 9.17) is 11.6 Å². The smallest absolute Gasteiger partial charge is 0.293 e. The van der Waals surface area contributed by atoms with Crippen molar-refractivity contribution in [1.82, 2.24) is 24.6 Å². The summed E-state index contributed by atoms with van der Waals surface area (Å²) in [6.07, 6.45) is 0. The molecule has 9 heteroatoms. The van der Waals surface area contributed by atoms with Crippen LogP contribution in [0.4, 0.5) is 0 Å². The zero-order chi connectivity index (χ0) is 19.6. The standard InChI is InChI=1S/C18H23ClN6O2/c1-13-20-17(21-25(13)15-6-4-14(19)5-7-15)18(27)23(3)12-16(26)24-10-8-22(2)9-11-24/h4-7H,8-12H2,1-3H3/p+1. The van der Waals surface area contributed by atoms with Gasteiger partial charge in [-0.3, -0.25) is 9.59 Å². The van der Waals surface area contributed by atoms with Gasteiger partial charge in [-0.25, -0.2) is 9.67 Å². The number of piperazine rings is 1. The zero-order valence-corrected chi connectivity index (χ0v) is 16.5. The first-order chi connectivity index (χ1) is 12.8. The fraction of sp³-hybridized carbons (Fsp3) is 0.444. The van der Waals surface area contributed by atoms with Crippen LogP contribution in [0.15, 0.2) is 24.3 Å². The van der Waals surface area contributed by atoms with Crippen LogP contribution in [0.3, 0.4) is 0 Å². The van der Waals surface area contributed by atoms with Gasteiger partial charge in [0.05, 0.1) is 45.5 Å². The first-order valence-electron chi connectivity index (χ1n) is 8.89. The Labute approximate surface area is 163 Å². The van der Waals surface area contributed by atoms with E-state index in [9.17, 15) is 9.59 Å². The summed E-state index contributed by atoms with van der Waals surface area (Å²) in [6.45, 7) is 5.08. The number of benzene rings is 1. The van der Waals surface area contributed by atoms with E-state index < -0.39 is 0 Å². The fourth-order valence-corrected chi connectivity index (χ4v) is 3.12. The Morgan fingerprint density at radius 1 is 1.22 bits per heavy atom. The van der Waals surface area contributed by atoms with Crippen molar-refractivity contribution in [2.75, 3.05) is 46.8 Å². The van der Waals surface area contributed by atoms with Crippen molar-refractivity contribution >= 4 is 23.4 Å². The number of quaternary nitrogens is 1. The largest absolute Gasteiger partial charge is 0.334 e. The number of likely N-dealkylation sites (N-methyl/N-ethyl adjacent to an activating group) is 2. The molecular formula is C18H24ClN6O2+. The normalized spacial score (nSPS) is 15.0. The third-order valence-corrected chi connectivity index (χ3v) is 4.97. The van der Waals surface area contributed by atoms with Crippen LogP contribution < -0.4 is 4.90 Å². The van der Waals surface area contributed by atoms with E-state index in [1.807, 2.05) is 4.90 Å². The summed E-state index contributed by atoms with van der Waals surface area (Å²) in [5.74, 6) is 0.231. The van der Waals surface area contributed by atoms with Gasteiger partial charge in [-0.1, -0.05) is 11.6 Å². The summed E-state index contributed by atoms with van der Waals surface area (Å²) in [4.78, 5) is 33.9. The Morgan fingerprint density at radius 3 is 2.48 bits per heavy atom. The van der Waals surface area contributed by atoms with E-state index in [0.29, 0.717) is 10.8 Å². The minimum Gasteiger partial charge on any atom is -0.334 e. The molecule has 0 radical (unpaired) electrons.